The summed E-state index contributed by atoms with van der Waals surface area (Å²) >= 11 is 3.30. The molecule has 0 spiro atoms. The summed E-state index contributed by atoms with van der Waals surface area (Å²) in [5.41, 5.74) is 5.84. The first-order chi connectivity index (χ1) is 6.24. The van der Waals surface area contributed by atoms with Crippen LogP contribution in [-0.2, 0) is 6.42 Å². The zero-order valence-electron chi connectivity index (χ0n) is 7.50. The van der Waals surface area contributed by atoms with Crippen molar-refractivity contribution in [3.8, 4) is 0 Å². The topological polar surface area (TPSA) is 39.2 Å². The molecule has 2 unspecified atom stereocenters. The Morgan fingerprint density at radius 2 is 2.31 bits per heavy atom. The van der Waals surface area contributed by atoms with E-state index in [-0.39, 0.29) is 0 Å². The van der Waals surface area contributed by atoms with E-state index in [0.717, 1.165) is 29.2 Å². The van der Waals surface area contributed by atoms with Crippen molar-refractivity contribution in [1.29, 1.82) is 0 Å². The fourth-order valence-electron chi connectivity index (χ4n) is 2.04. The van der Waals surface area contributed by atoms with Crippen LogP contribution in [0.25, 0.3) is 0 Å². The molecule has 0 radical (unpaired) electrons. The highest BCUT2D eigenvalue weighted by atomic mass is 79.9. The minimum atomic E-state index is 0.420. The summed E-state index contributed by atoms with van der Waals surface area (Å²) in [4.78, 5) is 0. The van der Waals surface area contributed by atoms with Crippen LogP contribution in [0.4, 0.5) is 0 Å². The Labute approximate surface area is 86.6 Å². The van der Waals surface area contributed by atoms with Crippen molar-refractivity contribution in [3.63, 3.8) is 0 Å². The van der Waals surface area contributed by atoms with Gasteiger partial charge in [0.15, 0.2) is 4.67 Å². The SMILES string of the molecule is NC1CCC(Cc2ccc(Br)o2)C1. The van der Waals surface area contributed by atoms with Crippen molar-refractivity contribution >= 4 is 15.9 Å². The molecule has 0 aromatic carbocycles. The average Bonchev–Trinajstić information content (AvgIpc) is 2.62. The number of hydrogen-bond acceptors (Lipinski definition) is 2. The second-order valence-electron chi connectivity index (χ2n) is 3.85. The van der Waals surface area contributed by atoms with Crippen LogP contribution in [0, 0.1) is 5.92 Å². The molecule has 2 nitrogen and oxygen atoms in total. The van der Waals surface area contributed by atoms with Gasteiger partial charge in [-0.05, 0) is 53.2 Å². The van der Waals surface area contributed by atoms with Crippen molar-refractivity contribution in [2.24, 2.45) is 11.7 Å². The fraction of sp³-hybridized carbons (Fsp3) is 0.600. The Morgan fingerprint density at radius 1 is 1.46 bits per heavy atom. The van der Waals surface area contributed by atoms with Gasteiger partial charge in [0.1, 0.15) is 5.76 Å². The lowest BCUT2D eigenvalue weighted by atomic mass is 10.0. The van der Waals surface area contributed by atoms with E-state index in [1.165, 1.54) is 12.8 Å². The van der Waals surface area contributed by atoms with E-state index in [0.29, 0.717) is 6.04 Å². The summed E-state index contributed by atoms with van der Waals surface area (Å²) in [6, 6.07) is 4.40. The molecule has 1 saturated carbocycles. The van der Waals surface area contributed by atoms with Gasteiger partial charge in [-0.1, -0.05) is 0 Å². The van der Waals surface area contributed by atoms with Crippen molar-refractivity contribution in [2.45, 2.75) is 31.7 Å². The maximum atomic E-state index is 5.84. The lowest BCUT2D eigenvalue weighted by molar-refractivity contribution is 0.430. The van der Waals surface area contributed by atoms with Gasteiger partial charge < -0.3 is 10.2 Å². The van der Waals surface area contributed by atoms with Crippen LogP contribution in [0.1, 0.15) is 25.0 Å². The lowest BCUT2D eigenvalue weighted by Gasteiger charge is -2.05. The van der Waals surface area contributed by atoms with Crippen LogP contribution >= 0.6 is 15.9 Å². The van der Waals surface area contributed by atoms with Gasteiger partial charge in [-0.3, -0.25) is 0 Å². The predicted octanol–water partition coefficient (Wildman–Crippen LogP) is 2.71. The summed E-state index contributed by atoms with van der Waals surface area (Å²) in [7, 11) is 0. The molecule has 0 amide bonds. The van der Waals surface area contributed by atoms with E-state index >= 15 is 0 Å². The van der Waals surface area contributed by atoms with Crippen LogP contribution in [0.2, 0.25) is 0 Å². The van der Waals surface area contributed by atoms with E-state index in [2.05, 4.69) is 15.9 Å². The Bertz CT molecular complexity index is 284. The molecule has 1 aliphatic carbocycles. The zero-order valence-corrected chi connectivity index (χ0v) is 9.09. The van der Waals surface area contributed by atoms with E-state index < -0.39 is 0 Å². The Morgan fingerprint density at radius 3 is 2.85 bits per heavy atom. The molecule has 2 N–H and O–H groups in total. The number of nitrogens with two attached hydrogens (primary N) is 1. The van der Waals surface area contributed by atoms with Crippen molar-refractivity contribution in [1.82, 2.24) is 0 Å². The summed E-state index contributed by atoms with van der Waals surface area (Å²) in [5.74, 6) is 1.80. The second-order valence-corrected chi connectivity index (χ2v) is 4.63. The molecule has 3 heteroatoms. The molecule has 1 aromatic heterocycles. The highest BCUT2D eigenvalue weighted by Crippen LogP contribution is 2.28. The molecule has 1 aliphatic rings. The molecule has 0 saturated heterocycles. The third-order valence-corrected chi connectivity index (χ3v) is 3.13. The van der Waals surface area contributed by atoms with Crippen LogP contribution in [0.3, 0.4) is 0 Å². The summed E-state index contributed by atoms with van der Waals surface area (Å²) in [5, 5.41) is 0. The Hall–Kier alpha value is -0.280. The average molecular weight is 244 g/mol. The third kappa shape index (κ3) is 2.35. The van der Waals surface area contributed by atoms with Gasteiger partial charge in [-0.15, -0.1) is 0 Å². The molecular formula is C10H14BrNO. The first kappa shape index (κ1) is 9.28. The molecule has 2 rings (SSSR count). The molecular weight excluding hydrogens is 230 g/mol. The monoisotopic (exact) mass is 243 g/mol. The van der Waals surface area contributed by atoms with Crippen molar-refractivity contribution < 1.29 is 4.42 Å². The molecule has 13 heavy (non-hydrogen) atoms. The number of halogens is 1. The smallest absolute Gasteiger partial charge is 0.169 e. The second kappa shape index (κ2) is 3.84. The van der Waals surface area contributed by atoms with Gasteiger partial charge in [0, 0.05) is 12.5 Å². The number of furan rings is 1. The molecule has 2 atom stereocenters. The molecule has 1 fully saturated rings. The number of hydrogen-bond donors (Lipinski definition) is 1. The van der Waals surface area contributed by atoms with Crippen LogP contribution in [0.15, 0.2) is 21.2 Å². The van der Waals surface area contributed by atoms with Gasteiger partial charge in [0.2, 0.25) is 0 Å². The third-order valence-electron chi connectivity index (χ3n) is 2.70. The van der Waals surface area contributed by atoms with Crippen molar-refractivity contribution in [3.05, 3.63) is 22.6 Å². The first-order valence-electron chi connectivity index (χ1n) is 4.74. The van der Waals surface area contributed by atoms with E-state index in [4.69, 9.17) is 10.2 Å². The van der Waals surface area contributed by atoms with Crippen molar-refractivity contribution in [2.75, 3.05) is 0 Å². The largest absolute Gasteiger partial charge is 0.454 e. The van der Waals surface area contributed by atoms with Crippen LogP contribution < -0.4 is 5.73 Å². The van der Waals surface area contributed by atoms with Crippen LogP contribution in [-0.4, -0.2) is 6.04 Å². The molecule has 1 aromatic rings. The standard InChI is InChI=1S/C10H14BrNO/c11-10-4-3-9(13-10)6-7-1-2-8(12)5-7/h3-4,7-8H,1-2,5-6,12H2. The molecule has 72 valence electrons. The highest BCUT2D eigenvalue weighted by Gasteiger charge is 2.22. The quantitative estimate of drug-likeness (QED) is 0.868. The fourth-order valence-corrected chi connectivity index (χ4v) is 2.39. The van der Waals surface area contributed by atoms with Gasteiger partial charge >= 0.3 is 0 Å². The van der Waals surface area contributed by atoms with Gasteiger partial charge in [-0.2, -0.15) is 0 Å². The minimum absolute atomic E-state index is 0.420. The highest BCUT2D eigenvalue weighted by molar-refractivity contribution is 9.10. The van der Waals surface area contributed by atoms with Gasteiger partial charge in [0.05, 0.1) is 0 Å². The summed E-state index contributed by atoms with van der Waals surface area (Å²) in [6.07, 6.45) is 4.61. The zero-order chi connectivity index (χ0) is 9.26. The van der Waals surface area contributed by atoms with E-state index in [1.807, 2.05) is 12.1 Å². The van der Waals surface area contributed by atoms with Gasteiger partial charge in [0.25, 0.3) is 0 Å². The maximum Gasteiger partial charge on any atom is 0.169 e. The van der Waals surface area contributed by atoms with Gasteiger partial charge in [-0.25, -0.2) is 0 Å². The summed E-state index contributed by atoms with van der Waals surface area (Å²) < 4.78 is 6.28. The Balaban J connectivity index is 1.91. The molecule has 1 heterocycles. The minimum Gasteiger partial charge on any atom is -0.454 e. The summed E-state index contributed by atoms with van der Waals surface area (Å²) in [6.45, 7) is 0. The van der Waals surface area contributed by atoms with E-state index in [1.54, 1.807) is 0 Å². The lowest BCUT2D eigenvalue weighted by Crippen LogP contribution is -2.15. The molecule has 0 aliphatic heterocycles. The van der Waals surface area contributed by atoms with Crippen LogP contribution in [0.5, 0.6) is 0 Å². The first-order valence-corrected chi connectivity index (χ1v) is 5.53. The van der Waals surface area contributed by atoms with E-state index in [9.17, 15) is 0 Å². The predicted molar refractivity (Wildman–Crippen MR) is 55.4 cm³/mol. The molecule has 0 bridgehead atoms. The Kier molecular flexibility index (Phi) is 2.74. The maximum absolute atomic E-state index is 5.84. The number of rotatable bonds is 2. The normalized spacial score (nSPS) is 28.2.